The highest BCUT2D eigenvalue weighted by molar-refractivity contribution is 6.10. The summed E-state index contributed by atoms with van der Waals surface area (Å²) < 4.78 is 1.70. The van der Waals surface area contributed by atoms with Crippen LogP contribution in [-0.4, -0.2) is 73.8 Å². The molecule has 9 heteroatoms. The SMILES string of the molecule is Cn1cc(-c2cnc([C@@H]3CCN(C(=O)c4cccc5c(-c6ccc(CN7CCC[C@@H]7CO)cc6)cccc45)C3)c(C(N)=O)c2)cn1. The van der Waals surface area contributed by atoms with E-state index in [4.69, 9.17) is 5.73 Å². The normalized spacial score (nSPS) is 18.4. The van der Waals surface area contributed by atoms with Crippen molar-refractivity contribution in [3.8, 4) is 22.3 Å². The number of benzene rings is 3. The fourth-order valence-corrected chi connectivity index (χ4v) is 7.15. The molecule has 2 fully saturated rings. The zero-order valence-corrected chi connectivity index (χ0v) is 26.0. The number of aliphatic hydroxyl groups excluding tert-OH is 1. The van der Waals surface area contributed by atoms with Crippen molar-refractivity contribution in [2.24, 2.45) is 12.8 Å². The van der Waals surface area contributed by atoms with E-state index in [-0.39, 0.29) is 24.5 Å². The second kappa shape index (κ2) is 12.5. The molecule has 2 saturated heterocycles. The Balaban J connectivity index is 1.11. The molecule has 7 rings (SSSR count). The van der Waals surface area contributed by atoms with Gasteiger partial charge < -0.3 is 15.7 Å². The van der Waals surface area contributed by atoms with Crippen molar-refractivity contribution in [1.82, 2.24) is 24.6 Å². The molecule has 3 N–H and O–H groups in total. The quantitative estimate of drug-likeness (QED) is 0.254. The average Bonchev–Trinajstić information content (AvgIpc) is 3.85. The zero-order chi connectivity index (χ0) is 31.8. The van der Waals surface area contributed by atoms with Gasteiger partial charge in [0, 0.05) is 67.7 Å². The number of amides is 2. The number of rotatable bonds is 8. The fraction of sp³-hybridized carbons (Fsp3) is 0.297. The number of aromatic nitrogens is 3. The first-order chi connectivity index (χ1) is 22.4. The number of hydrogen-bond acceptors (Lipinski definition) is 6. The van der Waals surface area contributed by atoms with Crippen LogP contribution >= 0.6 is 0 Å². The van der Waals surface area contributed by atoms with Crippen LogP contribution < -0.4 is 5.73 Å². The van der Waals surface area contributed by atoms with Gasteiger partial charge in [-0.05, 0) is 65.4 Å². The first-order valence-electron chi connectivity index (χ1n) is 15.9. The van der Waals surface area contributed by atoms with Crippen molar-refractivity contribution in [2.45, 2.75) is 37.8 Å². The van der Waals surface area contributed by atoms with Gasteiger partial charge in [-0.15, -0.1) is 0 Å². The van der Waals surface area contributed by atoms with Crippen LogP contribution in [0.25, 0.3) is 33.0 Å². The summed E-state index contributed by atoms with van der Waals surface area (Å²) in [7, 11) is 1.84. The molecule has 3 aromatic carbocycles. The molecular weight excluding hydrogens is 576 g/mol. The average molecular weight is 615 g/mol. The van der Waals surface area contributed by atoms with E-state index < -0.39 is 5.91 Å². The van der Waals surface area contributed by atoms with E-state index in [0.717, 1.165) is 59.0 Å². The molecule has 2 aliphatic heterocycles. The van der Waals surface area contributed by atoms with Gasteiger partial charge in [0.05, 0.1) is 24.1 Å². The maximum Gasteiger partial charge on any atom is 0.254 e. The summed E-state index contributed by atoms with van der Waals surface area (Å²) in [6.07, 6.45) is 8.22. The number of hydrogen-bond donors (Lipinski definition) is 2. The Morgan fingerprint density at radius 1 is 0.913 bits per heavy atom. The van der Waals surface area contributed by atoms with Crippen molar-refractivity contribution in [1.29, 1.82) is 0 Å². The summed E-state index contributed by atoms with van der Waals surface area (Å²) in [5, 5.41) is 15.8. The van der Waals surface area contributed by atoms with Crippen LogP contribution in [0.4, 0.5) is 0 Å². The molecule has 2 amide bonds. The lowest BCUT2D eigenvalue weighted by atomic mass is 9.94. The molecule has 46 heavy (non-hydrogen) atoms. The van der Waals surface area contributed by atoms with Crippen LogP contribution in [0.15, 0.2) is 85.3 Å². The monoisotopic (exact) mass is 614 g/mol. The summed E-state index contributed by atoms with van der Waals surface area (Å²) in [6.45, 7) is 3.09. The van der Waals surface area contributed by atoms with E-state index >= 15 is 0 Å². The summed E-state index contributed by atoms with van der Waals surface area (Å²) in [5.41, 5.74) is 12.5. The molecule has 0 aliphatic carbocycles. The number of nitrogens with two attached hydrogens (primary N) is 1. The van der Waals surface area contributed by atoms with Crippen LogP contribution in [-0.2, 0) is 13.6 Å². The number of fused-ring (bicyclic) bond motifs is 1. The van der Waals surface area contributed by atoms with Crippen molar-refractivity contribution >= 4 is 22.6 Å². The van der Waals surface area contributed by atoms with Gasteiger partial charge in [-0.1, -0.05) is 54.6 Å². The van der Waals surface area contributed by atoms with E-state index in [0.29, 0.717) is 36.3 Å². The number of likely N-dealkylation sites (tertiary alicyclic amines) is 2. The smallest absolute Gasteiger partial charge is 0.254 e. The molecule has 0 saturated carbocycles. The Bertz CT molecular complexity index is 1920. The third-order valence-corrected chi connectivity index (χ3v) is 9.60. The molecule has 9 nitrogen and oxygen atoms in total. The summed E-state index contributed by atoms with van der Waals surface area (Å²) >= 11 is 0. The lowest BCUT2D eigenvalue weighted by Crippen LogP contribution is -2.31. The van der Waals surface area contributed by atoms with Crippen molar-refractivity contribution in [3.63, 3.8) is 0 Å². The molecule has 0 bridgehead atoms. The fourth-order valence-electron chi connectivity index (χ4n) is 7.15. The highest BCUT2D eigenvalue weighted by Crippen LogP contribution is 2.34. The molecule has 0 unspecified atom stereocenters. The Hall–Kier alpha value is -4.86. The Labute approximate surface area is 268 Å². The van der Waals surface area contributed by atoms with Crippen LogP contribution in [0.1, 0.15) is 57.2 Å². The minimum Gasteiger partial charge on any atom is -0.395 e. The highest BCUT2D eigenvalue weighted by atomic mass is 16.3. The third-order valence-electron chi connectivity index (χ3n) is 9.60. The summed E-state index contributed by atoms with van der Waals surface area (Å²) in [6, 6.07) is 22.7. The molecule has 2 aliphatic rings. The number of aliphatic hydroxyl groups is 1. The molecule has 4 heterocycles. The maximum atomic E-state index is 14.0. The van der Waals surface area contributed by atoms with Gasteiger partial charge in [0.25, 0.3) is 11.8 Å². The first-order valence-corrected chi connectivity index (χ1v) is 15.9. The van der Waals surface area contributed by atoms with E-state index in [1.165, 1.54) is 5.56 Å². The standard InChI is InChI=1S/C37H38N6O3/c1-41-21-28(19-40-41)27-17-34(36(38)45)35(39-18-27)26-14-16-43(22-26)37(46)33-9-3-7-31-30(6-2-8-32(31)33)25-12-10-24(11-13-25)20-42-15-4-5-29(42)23-44/h2-3,6-13,17-19,21,26,29,44H,4-5,14-16,20,22-23H2,1H3,(H2,38,45)/t26-,29-/m1/s1. The minimum absolute atomic E-state index is 0.0303. The lowest BCUT2D eigenvalue weighted by molar-refractivity contribution is 0.0792. The second-order valence-corrected chi connectivity index (χ2v) is 12.5. The number of pyridine rings is 1. The van der Waals surface area contributed by atoms with Crippen LogP contribution in [0.3, 0.4) is 0 Å². The van der Waals surface area contributed by atoms with E-state index in [1.807, 2.05) is 42.4 Å². The molecule has 2 aromatic heterocycles. The zero-order valence-electron chi connectivity index (χ0n) is 26.0. The van der Waals surface area contributed by atoms with Crippen LogP contribution in [0.2, 0.25) is 0 Å². The van der Waals surface area contributed by atoms with Crippen molar-refractivity contribution in [3.05, 3.63) is 108 Å². The Kier molecular flexibility index (Phi) is 8.11. The van der Waals surface area contributed by atoms with Gasteiger partial charge in [-0.25, -0.2) is 0 Å². The number of primary amides is 1. The van der Waals surface area contributed by atoms with Crippen molar-refractivity contribution < 1.29 is 14.7 Å². The van der Waals surface area contributed by atoms with E-state index in [9.17, 15) is 14.7 Å². The predicted molar refractivity (Wildman–Crippen MR) is 178 cm³/mol. The number of aryl methyl sites for hydroxylation is 1. The molecule has 234 valence electrons. The van der Waals surface area contributed by atoms with Gasteiger partial charge in [0.1, 0.15) is 0 Å². The Morgan fingerprint density at radius 3 is 2.48 bits per heavy atom. The number of carbonyl (C=O) groups excluding carboxylic acids is 2. The number of carbonyl (C=O) groups is 2. The summed E-state index contributed by atoms with van der Waals surface area (Å²) in [4.78, 5) is 35.4. The van der Waals surface area contributed by atoms with Crippen LogP contribution in [0, 0.1) is 0 Å². The molecule has 0 radical (unpaired) electrons. The molecule has 0 spiro atoms. The molecule has 5 aromatic rings. The number of nitrogens with zero attached hydrogens (tertiary/aromatic N) is 5. The lowest BCUT2D eigenvalue weighted by Gasteiger charge is -2.22. The van der Waals surface area contributed by atoms with Gasteiger partial charge in [-0.2, -0.15) is 5.10 Å². The second-order valence-electron chi connectivity index (χ2n) is 12.5. The Morgan fingerprint density at radius 2 is 1.72 bits per heavy atom. The van der Waals surface area contributed by atoms with Gasteiger partial charge in [0.15, 0.2) is 0 Å². The maximum absolute atomic E-state index is 14.0. The topological polar surface area (TPSA) is 118 Å². The van der Waals surface area contributed by atoms with E-state index in [1.54, 1.807) is 23.1 Å². The van der Waals surface area contributed by atoms with Gasteiger partial charge >= 0.3 is 0 Å². The van der Waals surface area contributed by atoms with Crippen molar-refractivity contribution in [2.75, 3.05) is 26.2 Å². The largest absolute Gasteiger partial charge is 0.395 e. The summed E-state index contributed by atoms with van der Waals surface area (Å²) in [5.74, 6) is -0.651. The molecule has 2 atom stereocenters. The third kappa shape index (κ3) is 5.68. The van der Waals surface area contributed by atoms with Gasteiger partial charge in [0.2, 0.25) is 0 Å². The predicted octanol–water partition coefficient (Wildman–Crippen LogP) is 4.99. The van der Waals surface area contributed by atoms with Crippen LogP contribution in [0.5, 0.6) is 0 Å². The van der Waals surface area contributed by atoms with Gasteiger partial charge in [-0.3, -0.25) is 24.2 Å². The van der Waals surface area contributed by atoms with E-state index in [2.05, 4.69) is 51.4 Å². The highest BCUT2D eigenvalue weighted by Gasteiger charge is 2.32. The first kappa shape index (κ1) is 29.8. The minimum atomic E-state index is -0.530. The molecular formula is C37H38N6O3.